The molecule has 0 fully saturated rings. The van der Waals surface area contributed by atoms with Crippen molar-refractivity contribution < 1.29 is 4.74 Å². The van der Waals surface area contributed by atoms with Gasteiger partial charge in [-0.2, -0.15) is 0 Å². The van der Waals surface area contributed by atoms with Crippen LogP contribution in [0.4, 0.5) is 0 Å². The van der Waals surface area contributed by atoms with E-state index >= 15 is 0 Å². The number of hydrogen-bond donors (Lipinski definition) is 1. The van der Waals surface area contributed by atoms with Crippen molar-refractivity contribution in [1.29, 1.82) is 0 Å². The zero-order chi connectivity index (χ0) is 11.1. The van der Waals surface area contributed by atoms with Crippen LogP contribution in [0.25, 0.3) is 0 Å². The highest BCUT2D eigenvalue weighted by molar-refractivity contribution is 5.02. The first-order valence-electron chi connectivity index (χ1n) is 5.59. The SMILES string of the molecule is CCCCOCCn1cncc1[C@H](C)N. The van der Waals surface area contributed by atoms with E-state index in [1.807, 2.05) is 19.4 Å². The first-order chi connectivity index (χ1) is 7.25. The summed E-state index contributed by atoms with van der Waals surface area (Å²) in [5.74, 6) is 0. The van der Waals surface area contributed by atoms with Crippen LogP contribution in [0.5, 0.6) is 0 Å². The number of nitrogens with two attached hydrogens (primary N) is 1. The molecule has 1 rings (SSSR count). The van der Waals surface area contributed by atoms with Crippen LogP contribution in [0.2, 0.25) is 0 Å². The number of nitrogens with zero attached hydrogens (tertiary/aromatic N) is 2. The van der Waals surface area contributed by atoms with Gasteiger partial charge < -0.3 is 15.0 Å². The van der Waals surface area contributed by atoms with Crippen molar-refractivity contribution in [2.45, 2.75) is 39.3 Å². The number of imidazole rings is 1. The topological polar surface area (TPSA) is 53.1 Å². The Balaban J connectivity index is 2.28. The quantitative estimate of drug-likeness (QED) is 0.699. The van der Waals surface area contributed by atoms with E-state index in [1.165, 1.54) is 6.42 Å². The van der Waals surface area contributed by atoms with Gasteiger partial charge in [0.25, 0.3) is 0 Å². The molecular weight excluding hydrogens is 190 g/mol. The molecule has 1 heterocycles. The maximum atomic E-state index is 5.81. The lowest BCUT2D eigenvalue weighted by atomic mass is 10.3. The molecule has 86 valence electrons. The fourth-order valence-electron chi connectivity index (χ4n) is 1.41. The molecule has 4 nitrogen and oxygen atoms in total. The summed E-state index contributed by atoms with van der Waals surface area (Å²) in [6.07, 6.45) is 5.93. The zero-order valence-electron chi connectivity index (χ0n) is 9.65. The second-order valence-corrected chi connectivity index (χ2v) is 3.77. The van der Waals surface area contributed by atoms with E-state index in [9.17, 15) is 0 Å². The number of hydrogen-bond acceptors (Lipinski definition) is 3. The number of ether oxygens (including phenoxy) is 1. The summed E-state index contributed by atoms with van der Waals surface area (Å²) in [5.41, 5.74) is 6.87. The van der Waals surface area contributed by atoms with E-state index < -0.39 is 0 Å². The molecule has 4 heteroatoms. The van der Waals surface area contributed by atoms with Crippen LogP contribution in [0.1, 0.15) is 38.4 Å². The van der Waals surface area contributed by atoms with Crippen LogP contribution in [-0.2, 0) is 11.3 Å². The predicted molar refractivity (Wildman–Crippen MR) is 60.6 cm³/mol. The minimum atomic E-state index is 0.0307. The van der Waals surface area contributed by atoms with E-state index in [2.05, 4.69) is 16.5 Å². The average Bonchev–Trinajstić information content (AvgIpc) is 2.66. The molecule has 0 amide bonds. The molecule has 0 spiro atoms. The highest BCUT2D eigenvalue weighted by atomic mass is 16.5. The first kappa shape index (κ1) is 12.2. The van der Waals surface area contributed by atoms with E-state index in [0.717, 1.165) is 31.9 Å². The minimum Gasteiger partial charge on any atom is -0.380 e. The second kappa shape index (κ2) is 6.58. The van der Waals surface area contributed by atoms with Gasteiger partial charge >= 0.3 is 0 Å². The van der Waals surface area contributed by atoms with Crippen LogP contribution in [0.3, 0.4) is 0 Å². The fourth-order valence-corrected chi connectivity index (χ4v) is 1.41. The molecule has 0 unspecified atom stereocenters. The fraction of sp³-hybridized carbons (Fsp3) is 0.727. The van der Waals surface area contributed by atoms with Gasteiger partial charge in [-0.3, -0.25) is 0 Å². The van der Waals surface area contributed by atoms with Gasteiger partial charge in [0.2, 0.25) is 0 Å². The summed E-state index contributed by atoms with van der Waals surface area (Å²) in [4.78, 5) is 4.09. The Labute approximate surface area is 91.4 Å². The molecule has 1 atom stereocenters. The van der Waals surface area contributed by atoms with Crippen LogP contribution >= 0.6 is 0 Å². The number of unbranched alkanes of at least 4 members (excludes halogenated alkanes) is 1. The first-order valence-corrected chi connectivity index (χ1v) is 5.59. The summed E-state index contributed by atoms with van der Waals surface area (Å²) in [5, 5.41) is 0. The van der Waals surface area contributed by atoms with Crippen molar-refractivity contribution in [3.05, 3.63) is 18.2 Å². The van der Waals surface area contributed by atoms with E-state index in [4.69, 9.17) is 10.5 Å². The minimum absolute atomic E-state index is 0.0307. The number of aromatic nitrogens is 2. The molecule has 1 aromatic heterocycles. The molecule has 0 saturated carbocycles. The Morgan fingerprint density at radius 2 is 2.33 bits per heavy atom. The highest BCUT2D eigenvalue weighted by Crippen LogP contribution is 2.08. The van der Waals surface area contributed by atoms with Gasteiger partial charge in [0.05, 0.1) is 18.6 Å². The van der Waals surface area contributed by atoms with Crippen molar-refractivity contribution in [2.24, 2.45) is 5.73 Å². The summed E-state index contributed by atoms with van der Waals surface area (Å²) in [6.45, 7) is 6.54. The van der Waals surface area contributed by atoms with E-state index in [-0.39, 0.29) is 6.04 Å². The highest BCUT2D eigenvalue weighted by Gasteiger charge is 2.05. The zero-order valence-corrected chi connectivity index (χ0v) is 9.65. The summed E-state index contributed by atoms with van der Waals surface area (Å²) in [7, 11) is 0. The van der Waals surface area contributed by atoms with Gasteiger partial charge in [0, 0.05) is 25.4 Å². The maximum absolute atomic E-state index is 5.81. The third-order valence-corrected chi connectivity index (χ3v) is 2.33. The Hall–Kier alpha value is -0.870. The molecule has 0 radical (unpaired) electrons. The lowest BCUT2D eigenvalue weighted by molar-refractivity contribution is 0.123. The molecule has 0 bridgehead atoms. The normalized spacial score (nSPS) is 13.0. The van der Waals surface area contributed by atoms with Crippen molar-refractivity contribution >= 4 is 0 Å². The molecule has 1 aromatic rings. The van der Waals surface area contributed by atoms with Gasteiger partial charge in [0.1, 0.15) is 0 Å². The van der Waals surface area contributed by atoms with Crippen molar-refractivity contribution in [3.63, 3.8) is 0 Å². The standard InChI is InChI=1S/C11H21N3O/c1-3-4-6-15-7-5-14-9-13-8-11(14)10(2)12/h8-10H,3-7,12H2,1-2H3/t10-/m0/s1. The van der Waals surface area contributed by atoms with Crippen LogP contribution in [0.15, 0.2) is 12.5 Å². The second-order valence-electron chi connectivity index (χ2n) is 3.77. The van der Waals surface area contributed by atoms with Crippen molar-refractivity contribution in [2.75, 3.05) is 13.2 Å². The third kappa shape index (κ3) is 4.01. The predicted octanol–water partition coefficient (Wildman–Crippen LogP) is 1.72. The van der Waals surface area contributed by atoms with Gasteiger partial charge in [0.15, 0.2) is 0 Å². The summed E-state index contributed by atoms with van der Waals surface area (Å²) in [6, 6.07) is 0.0307. The van der Waals surface area contributed by atoms with Gasteiger partial charge in [-0.15, -0.1) is 0 Å². The monoisotopic (exact) mass is 211 g/mol. The molecule has 0 aliphatic carbocycles. The lowest BCUT2D eigenvalue weighted by Crippen LogP contribution is -2.14. The van der Waals surface area contributed by atoms with Gasteiger partial charge in [-0.1, -0.05) is 13.3 Å². The largest absolute Gasteiger partial charge is 0.380 e. The average molecular weight is 211 g/mol. The Morgan fingerprint density at radius 1 is 1.53 bits per heavy atom. The molecule has 0 aliphatic rings. The molecule has 2 N–H and O–H groups in total. The summed E-state index contributed by atoms with van der Waals surface area (Å²) < 4.78 is 7.54. The lowest BCUT2D eigenvalue weighted by Gasteiger charge is -2.10. The smallest absolute Gasteiger partial charge is 0.0949 e. The molecule has 0 aromatic carbocycles. The molecule has 0 aliphatic heterocycles. The van der Waals surface area contributed by atoms with E-state index in [1.54, 1.807) is 0 Å². The van der Waals surface area contributed by atoms with Gasteiger partial charge in [-0.25, -0.2) is 4.98 Å². The van der Waals surface area contributed by atoms with Crippen molar-refractivity contribution in [1.82, 2.24) is 9.55 Å². The Morgan fingerprint density at radius 3 is 3.00 bits per heavy atom. The number of rotatable bonds is 7. The Kier molecular flexibility index (Phi) is 5.36. The Bertz CT molecular complexity index is 271. The molecule has 15 heavy (non-hydrogen) atoms. The van der Waals surface area contributed by atoms with Crippen LogP contribution < -0.4 is 5.73 Å². The van der Waals surface area contributed by atoms with Crippen LogP contribution in [-0.4, -0.2) is 22.8 Å². The molecular formula is C11H21N3O. The van der Waals surface area contributed by atoms with E-state index in [0.29, 0.717) is 0 Å². The third-order valence-electron chi connectivity index (χ3n) is 2.33. The maximum Gasteiger partial charge on any atom is 0.0949 e. The van der Waals surface area contributed by atoms with Crippen molar-refractivity contribution in [3.8, 4) is 0 Å². The summed E-state index contributed by atoms with van der Waals surface area (Å²) >= 11 is 0. The molecule has 0 saturated heterocycles. The van der Waals surface area contributed by atoms with Gasteiger partial charge in [-0.05, 0) is 13.3 Å². The van der Waals surface area contributed by atoms with Crippen LogP contribution in [0, 0.1) is 0 Å².